The summed E-state index contributed by atoms with van der Waals surface area (Å²) < 4.78 is 12.9. The van der Waals surface area contributed by atoms with E-state index in [4.69, 9.17) is 0 Å². The largest absolute Gasteiger partial charge is 0.338 e. The Bertz CT molecular complexity index is 504. The highest BCUT2D eigenvalue weighted by Gasteiger charge is 2.31. The number of halogens is 1. The molecule has 0 unspecified atom stereocenters. The number of urea groups is 1. The van der Waals surface area contributed by atoms with Crippen molar-refractivity contribution in [2.75, 3.05) is 18.0 Å². The molecule has 1 aromatic rings. The Kier molecular flexibility index (Phi) is 5.14. The molecule has 0 saturated carbocycles. The summed E-state index contributed by atoms with van der Waals surface area (Å²) >= 11 is 0. The first-order valence-electron chi connectivity index (χ1n) is 7.20. The second kappa shape index (κ2) is 7.06. The minimum atomic E-state index is -0.338. The molecule has 0 radical (unpaired) electrons. The van der Waals surface area contributed by atoms with Gasteiger partial charge in [-0.3, -0.25) is 4.79 Å². The number of hydrogen-bond acceptors (Lipinski definition) is 2. The zero-order chi connectivity index (χ0) is 15.2. The average molecular weight is 293 g/mol. The maximum Gasteiger partial charge on any atom is 0.315 e. The van der Waals surface area contributed by atoms with Crippen molar-refractivity contribution in [2.24, 2.45) is 0 Å². The van der Waals surface area contributed by atoms with Crippen LogP contribution in [0.4, 0.5) is 14.9 Å². The van der Waals surface area contributed by atoms with Crippen LogP contribution in [0.2, 0.25) is 0 Å². The lowest BCUT2D eigenvalue weighted by Crippen LogP contribution is -2.43. The van der Waals surface area contributed by atoms with Gasteiger partial charge in [0.1, 0.15) is 5.82 Å². The minimum Gasteiger partial charge on any atom is -0.338 e. The lowest BCUT2D eigenvalue weighted by Gasteiger charge is -2.17. The Labute approximate surface area is 123 Å². The number of carbonyl (C=O) groups excluding carboxylic acids is 2. The van der Waals surface area contributed by atoms with Crippen molar-refractivity contribution in [3.8, 4) is 0 Å². The van der Waals surface area contributed by atoms with E-state index >= 15 is 0 Å². The van der Waals surface area contributed by atoms with Gasteiger partial charge in [-0.05, 0) is 30.7 Å². The molecule has 0 aliphatic carbocycles. The normalized spacial score (nSPS) is 17.9. The van der Waals surface area contributed by atoms with Gasteiger partial charge in [0.05, 0.1) is 6.04 Å². The third kappa shape index (κ3) is 4.18. The molecule has 0 spiro atoms. The van der Waals surface area contributed by atoms with E-state index < -0.39 is 0 Å². The van der Waals surface area contributed by atoms with Crippen molar-refractivity contribution in [2.45, 2.75) is 32.2 Å². The van der Waals surface area contributed by atoms with Crippen LogP contribution in [-0.4, -0.2) is 31.1 Å². The SMILES string of the molecule is CCCCNC(=O)N[C@H]1CC(=O)N(c2ccc(F)cc2)C1. The number of anilines is 1. The number of unbranched alkanes of at least 4 members (excludes halogenated alkanes) is 1. The van der Waals surface area contributed by atoms with Crippen LogP contribution in [0, 0.1) is 5.82 Å². The van der Waals surface area contributed by atoms with Crippen molar-refractivity contribution < 1.29 is 14.0 Å². The molecule has 1 saturated heterocycles. The Balaban J connectivity index is 1.87. The highest BCUT2D eigenvalue weighted by molar-refractivity contribution is 5.96. The van der Waals surface area contributed by atoms with Crippen molar-refractivity contribution in [1.82, 2.24) is 10.6 Å². The molecule has 1 fully saturated rings. The topological polar surface area (TPSA) is 61.4 Å². The van der Waals surface area contributed by atoms with Gasteiger partial charge < -0.3 is 15.5 Å². The van der Waals surface area contributed by atoms with E-state index in [1.54, 1.807) is 17.0 Å². The van der Waals surface area contributed by atoms with E-state index in [0.29, 0.717) is 18.8 Å². The van der Waals surface area contributed by atoms with Crippen LogP contribution in [0.15, 0.2) is 24.3 Å². The number of carbonyl (C=O) groups is 2. The second-order valence-corrected chi connectivity index (χ2v) is 5.14. The first-order valence-corrected chi connectivity index (χ1v) is 7.20. The van der Waals surface area contributed by atoms with Crippen LogP contribution in [-0.2, 0) is 4.79 Å². The summed E-state index contributed by atoms with van der Waals surface area (Å²) in [5.41, 5.74) is 0.650. The predicted molar refractivity (Wildman–Crippen MR) is 78.6 cm³/mol. The molecule has 2 rings (SSSR count). The molecule has 1 aliphatic rings. The minimum absolute atomic E-state index is 0.0690. The summed E-state index contributed by atoms with van der Waals surface area (Å²) in [4.78, 5) is 25.2. The lowest BCUT2D eigenvalue weighted by molar-refractivity contribution is -0.117. The molecule has 0 bridgehead atoms. The summed E-state index contributed by atoms with van der Waals surface area (Å²) in [5, 5.41) is 5.55. The first kappa shape index (κ1) is 15.3. The zero-order valence-corrected chi connectivity index (χ0v) is 12.1. The summed E-state index contributed by atoms with van der Waals surface area (Å²) in [5.74, 6) is -0.407. The second-order valence-electron chi connectivity index (χ2n) is 5.14. The van der Waals surface area contributed by atoms with Crippen LogP contribution in [0.25, 0.3) is 0 Å². The van der Waals surface area contributed by atoms with Crippen LogP contribution in [0.3, 0.4) is 0 Å². The van der Waals surface area contributed by atoms with Gasteiger partial charge in [-0.2, -0.15) is 0 Å². The molecule has 3 amide bonds. The summed E-state index contributed by atoms with van der Waals surface area (Å²) in [7, 11) is 0. The standard InChI is InChI=1S/C15H20FN3O2/c1-2-3-8-17-15(21)18-12-9-14(20)19(10-12)13-6-4-11(16)5-7-13/h4-7,12H,2-3,8-10H2,1H3,(H2,17,18,21)/t12-/m0/s1. The summed E-state index contributed by atoms with van der Waals surface area (Å²) in [6, 6.07) is 5.31. The lowest BCUT2D eigenvalue weighted by atomic mass is 10.2. The van der Waals surface area contributed by atoms with Gasteiger partial charge in [-0.1, -0.05) is 13.3 Å². The van der Waals surface area contributed by atoms with E-state index in [9.17, 15) is 14.0 Å². The molecule has 0 aromatic heterocycles. The molecule has 21 heavy (non-hydrogen) atoms. The maximum atomic E-state index is 12.9. The molecular formula is C15H20FN3O2. The van der Waals surface area contributed by atoms with Crippen LogP contribution in [0.5, 0.6) is 0 Å². The quantitative estimate of drug-likeness (QED) is 0.816. The molecule has 114 valence electrons. The Morgan fingerprint density at radius 3 is 2.76 bits per heavy atom. The number of nitrogens with one attached hydrogen (secondary N) is 2. The molecule has 1 aromatic carbocycles. The van der Waals surface area contributed by atoms with Crippen LogP contribution in [0.1, 0.15) is 26.2 Å². The molecule has 6 heteroatoms. The fourth-order valence-electron chi connectivity index (χ4n) is 2.29. The smallest absolute Gasteiger partial charge is 0.315 e. The van der Waals surface area contributed by atoms with Gasteiger partial charge in [-0.15, -0.1) is 0 Å². The van der Waals surface area contributed by atoms with Crippen LogP contribution >= 0.6 is 0 Å². The summed E-state index contributed by atoms with van der Waals surface area (Å²) in [6.07, 6.45) is 2.21. The van der Waals surface area contributed by atoms with Gasteiger partial charge in [0.15, 0.2) is 0 Å². The van der Waals surface area contributed by atoms with E-state index in [0.717, 1.165) is 12.8 Å². The Morgan fingerprint density at radius 2 is 2.10 bits per heavy atom. The van der Waals surface area contributed by atoms with E-state index in [-0.39, 0.29) is 30.2 Å². The molecule has 2 N–H and O–H groups in total. The molecule has 5 nitrogen and oxygen atoms in total. The third-order valence-electron chi connectivity index (χ3n) is 3.41. The fourth-order valence-corrected chi connectivity index (χ4v) is 2.29. The Morgan fingerprint density at radius 1 is 1.38 bits per heavy atom. The van der Waals surface area contributed by atoms with E-state index in [2.05, 4.69) is 17.6 Å². The monoisotopic (exact) mass is 293 g/mol. The fraction of sp³-hybridized carbons (Fsp3) is 0.467. The Hall–Kier alpha value is -2.11. The third-order valence-corrected chi connectivity index (χ3v) is 3.41. The van der Waals surface area contributed by atoms with E-state index in [1.807, 2.05) is 0 Å². The van der Waals surface area contributed by atoms with E-state index in [1.165, 1.54) is 12.1 Å². The average Bonchev–Trinajstić information content (AvgIpc) is 2.80. The number of rotatable bonds is 5. The highest BCUT2D eigenvalue weighted by atomic mass is 19.1. The molecule has 1 aliphatic heterocycles. The molecule has 1 heterocycles. The van der Waals surface area contributed by atoms with Gasteiger partial charge in [0.25, 0.3) is 0 Å². The van der Waals surface area contributed by atoms with Crippen LogP contribution < -0.4 is 15.5 Å². The van der Waals surface area contributed by atoms with Crippen molar-refractivity contribution >= 4 is 17.6 Å². The summed E-state index contributed by atoms with van der Waals surface area (Å²) in [6.45, 7) is 3.09. The van der Waals surface area contributed by atoms with Gasteiger partial charge in [-0.25, -0.2) is 9.18 Å². The van der Waals surface area contributed by atoms with Gasteiger partial charge in [0, 0.05) is 25.2 Å². The number of amides is 3. The zero-order valence-electron chi connectivity index (χ0n) is 12.1. The number of nitrogens with zero attached hydrogens (tertiary/aromatic N) is 1. The van der Waals surface area contributed by atoms with Crippen molar-refractivity contribution in [1.29, 1.82) is 0 Å². The molecular weight excluding hydrogens is 273 g/mol. The van der Waals surface area contributed by atoms with Crippen molar-refractivity contribution in [3.05, 3.63) is 30.1 Å². The highest BCUT2D eigenvalue weighted by Crippen LogP contribution is 2.21. The van der Waals surface area contributed by atoms with Gasteiger partial charge >= 0.3 is 6.03 Å². The van der Waals surface area contributed by atoms with Gasteiger partial charge in [0.2, 0.25) is 5.91 Å². The number of benzene rings is 1. The first-order chi connectivity index (χ1) is 10.1. The van der Waals surface area contributed by atoms with Crippen molar-refractivity contribution in [3.63, 3.8) is 0 Å². The maximum absolute atomic E-state index is 12.9. The number of hydrogen-bond donors (Lipinski definition) is 2. The predicted octanol–water partition coefficient (Wildman–Crippen LogP) is 2.03. The molecule has 1 atom stereocenters.